The summed E-state index contributed by atoms with van der Waals surface area (Å²) < 4.78 is 22.6. The van der Waals surface area contributed by atoms with Crippen LogP contribution >= 0.6 is 0 Å². The normalized spacial score (nSPS) is 14.0. The van der Waals surface area contributed by atoms with Gasteiger partial charge in [0.25, 0.3) is 5.91 Å². The van der Waals surface area contributed by atoms with Crippen LogP contribution in [0.5, 0.6) is 23.0 Å². The lowest BCUT2D eigenvalue weighted by Gasteiger charge is -2.19. The monoisotopic (exact) mass is 398 g/mol. The van der Waals surface area contributed by atoms with Crippen molar-refractivity contribution in [2.75, 3.05) is 26.4 Å². The van der Waals surface area contributed by atoms with Gasteiger partial charge in [-0.25, -0.2) is 5.43 Å². The van der Waals surface area contributed by atoms with Crippen LogP contribution in [0.15, 0.2) is 41.5 Å². The molecule has 0 aromatic heterocycles. The number of nitrogens with zero attached hydrogens (tertiary/aromatic N) is 1. The Kier molecular flexibility index (Phi) is 6.94. The number of carbonyl (C=O) groups is 1. The van der Waals surface area contributed by atoms with E-state index in [-0.39, 0.29) is 5.91 Å². The predicted octanol–water partition coefficient (Wildman–Crippen LogP) is 3.80. The first-order chi connectivity index (χ1) is 14.2. The molecule has 1 heterocycles. The molecule has 0 spiro atoms. The third kappa shape index (κ3) is 4.80. The molecule has 0 unspecified atom stereocenters. The number of nitrogens with one attached hydrogen (secondary N) is 1. The van der Waals surface area contributed by atoms with E-state index in [0.29, 0.717) is 55.7 Å². The van der Waals surface area contributed by atoms with E-state index < -0.39 is 0 Å². The van der Waals surface area contributed by atoms with Crippen molar-refractivity contribution in [2.45, 2.75) is 27.2 Å². The Morgan fingerprint density at radius 3 is 2.34 bits per heavy atom. The van der Waals surface area contributed by atoms with Gasteiger partial charge in [0.05, 0.1) is 32.1 Å². The first kappa shape index (κ1) is 20.5. The largest absolute Gasteiger partial charge is 0.492 e. The minimum atomic E-state index is -0.355. The molecule has 1 aliphatic heterocycles. The smallest absolute Gasteiger partial charge is 0.271 e. The van der Waals surface area contributed by atoms with Crippen LogP contribution in [0, 0.1) is 0 Å². The van der Waals surface area contributed by atoms with Crippen molar-refractivity contribution in [2.24, 2.45) is 5.10 Å². The molecule has 0 saturated carbocycles. The first-order valence-electron chi connectivity index (χ1n) is 9.83. The molecule has 2 aromatic carbocycles. The van der Waals surface area contributed by atoms with Gasteiger partial charge in [0.1, 0.15) is 5.75 Å². The molecule has 0 radical (unpaired) electrons. The molecule has 0 saturated heterocycles. The Morgan fingerprint density at radius 2 is 1.69 bits per heavy atom. The molecule has 0 aliphatic carbocycles. The highest BCUT2D eigenvalue weighted by atomic mass is 16.5. The molecule has 7 heteroatoms. The third-order valence-electron chi connectivity index (χ3n) is 4.26. The number of carbonyl (C=O) groups excluding carboxylic acids is 1. The molecule has 0 atom stereocenters. The first-order valence-corrected chi connectivity index (χ1v) is 9.83. The molecule has 1 N–H and O–H groups in total. The number of para-hydroxylation sites is 1. The highest BCUT2D eigenvalue weighted by Gasteiger charge is 2.20. The molecule has 2 aromatic rings. The van der Waals surface area contributed by atoms with Crippen LogP contribution in [0.25, 0.3) is 0 Å². The standard InChI is InChI=1S/C22H26N2O5/c1-4-26-19-13-15(14-20(27-5-2)21(19)28-6-3)22(25)24-23-17-11-12-29-18-10-8-7-9-16(17)18/h7-10,13-14H,4-6,11-12H2,1-3H3,(H,24,25)/b23-17-. The van der Waals surface area contributed by atoms with E-state index in [9.17, 15) is 4.79 Å². The van der Waals surface area contributed by atoms with Gasteiger partial charge in [-0.3, -0.25) is 4.79 Å². The lowest BCUT2D eigenvalue weighted by Crippen LogP contribution is -2.23. The van der Waals surface area contributed by atoms with Crippen LogP contribution in [0.3, 0.4) is 0 Å². The van der Waals surface area contributed by atoms with Gasteiger partial charge in [-0.2, -0.15) is 5.10 Å². The van der Waals surface area contributed by atoms with Crippen molar-refractivity contribution in [3.8, 4) is 23.0 Å². The SMILES string of the molecule is CCOc1cc(C(=O)N/N=C2/CCOc3ccccc32)cc(OCC)c1OCC. The van der Waals surface area contributed by atoms with Crippen molar-refractivity contribution in [1.82, 2.24) is 5.43 Å². The summed E-state index contributed by atoms with van der Waals surface area (Å²) in [5.74, 6) is 1.85. The zero-order chi connectivity index (χ0) is 20.6. The Hall–Kier alpha value is -3.22. The van der Waals surface area contributed by atoms with Crippen LogP contribution in [0.1, 0.15) is 43.1 Å². The number of benzene rings is 2. The van der Waals surface area contributed by atoms with Gasteiger partial charge in [0, 0.05) is 17.5 Å². The van der Waals surface area contributed by atoms with Crippen LogP contribution < -0.4 is 24.4 Å². The van der Waals surface area contributed by atoms with Gasteiger partial charge in [-0.15, -0.1) is 0 Å². The molecular formula is C22H26N2O5. The number of hydrazone groups is 1. The van der Waals surface area contributed by atoms with Crippen LogP contribution in [0.4, 0.5) is 0 Å². The fourth-order valence-electron chi connectivity index (χ4n) is 3.04. The maximum atomic E-state index is 12.8. The predicted molar refractivity (Wildman–Crippen MR) is 111 cm³/mol. The van der Waals surface area contributed by atoms with Gasteiger partial charge in [0.2, 0.25) is 5.75 Å². The quantitative estimate of drug-likeness (QED) is 0.685. The molecule has 1 aliphatic rings. The van der Waals surface area contributed by atoms with Crippen LogP contribution in [-0.4, -0.2) is 38.0 Å². The van der Waals surface area contributed by atoms with E-state index >= 15 is 0 Å². The molecule has 1 amide bonds. The minimum absolute atomic E-state index is 0.355. The maximum absolute atomic E-state index is 12.8. The Balaban J connectivity index is 1.87. The van der Waals surface area contributed by atoms with Crippen LogP contribution in [0.2, 0.25) is 0 Å². The molecule has 0 bridgehead atoms. The fourth-order valence-corrected chi connectivity index (χ4v) is 3.04. The van der Waals surface area contributed by atoms with E-state index in [0.717, 1.165) is 17.0 Å². The molecule has 29 heavy (non-hydrogen) atoms. The number of hydrogen-bond acceptors (Lipinski definition) is 6. The van der Waals surface area contributed by atoms with Gasteiger partial charge < -0.3 is 18.9 Å². The average molecular weight is 398 g/mol. The second-order valence-electron chi connectivity index (χ2n) is 6.19. The summed E-state index contributed by atoms with van der Waals surface area (Å²) in [7, 11) is 0. The van der Waals surface area contributed by atoms with Crippen molar-refractivity contribution < 1.29 is 23.7 Å². The van der Waals surface area contributed by atoms with Crippen molar-refractivity contribution in [1.29, 1.82) is 0 Å². The topological polar surface area (TPSA) is 78.4 Å². The van der Waals surface area contributed by atoms with Gasteiger partial charge in [-0.1, -0.05) is 12.1 Å². The van der Waals surface area contributed by atoms with Crippen molar-refractivity contribution in [3.63, 3.8) is 0 Å². The summed E-state index contributed by atoms with van der Waals surface area (Å²) >= 11 is 0. The number of hydrogen-bond donors (Lipinski definition) is 1. The highest BCUT2D eigenvalue weighted by molar-refractivity contribution is 6.05. The van der Waals surface area contributed by atoms with Crippen LogP contribution in [-0.2, 0) is 0 Å². The second-order valence-corrected chi connectivity index (χ2v) is 6.19. The summed E-state index contributed by atoms with van der Waals surface area (Å²) in [6.07, 6.45) is 0.620. The summed E-state index contributed by atoms with van der Waals surface area (Å²) in [4.78, 5) is 12.8. The summed E-state index contributed by atoms with van der Waals surface area (Å²) in [5, 5.41) is 4.34. The summed E-state index contributed by atoms with van der Waals surface area (Å²) in [5.41, 5.74) is 4.68. The Morgan fingerprint density at radius 1 is 1.03 bits per heavy atom. The fraction of sp³-hybridized carbons (Fsp3) is 0.364. The van der Waals surface area contributed by atoms with Gasteiger partial charge >= 0.3 is 0 Å². The third-order valence-corrected chi connectivity index (χ3v) is 4.26. The van der Waals surface area contributed by atoms with E-state index in [1.165, 1.54) is 0 Å². The van der Waals surface area contributed by atoms with Gasteiger partial charge in [0.15, 0.2) is 11.5 Å². The summed E-state index contributed by atoms with van der Waals surface area (Å²) in [6.45, 7) is 7.49. The lowest BCUT2D eigenvalue weighted by molar-refractivity contribution is 0.0953. The number of fused-ring (bicyclic) bond motifs is 1. The maximum Gasteiger partial charge on any atom is 0.271 e. The van der Waals surface area contributed by atoms with E-state index in [1.54, 1.807) is 12.1 Å². The molecule has 0 fully saturated rings. The Labute approximate surface area is 170 Å². The molecule has 154 valence electrons. The lowest BCUT2D eigenvalue weighted by atomic mass is 10.0. The van der Waals surface area contributed by atoms with Gasteiger partial charge in [-0.05, 0) is 45.0 Å². The van der Waals surface area contributed by atoms with Crippen molar-refractivity contribution >= 4 is 11.6 Å². The highest BCUT2D eigenvalue weighted by Crippen LogP contribution is 2.39. The van der Waals surface area contributed by atoms with Crippen molar-refractivity contribution in [3.05, 3.63) is 47.5 Å². The van der Waals surface area contributed by atoms with E-state index in [2.05, 4.69) is 10.5 Å². The number of ether oxygens (including phenoxy) is 4. The number of rotatable bonds is 8. The minimum Gasteiger partial charge on any atom is -0.492 e. The van der Waals surface area contributed by atoms with E-state index in [1.807, 2.05) is 45.0 Å². The number of amides is 1. The zero-order valence-corrected chi connectivity index (χ0v) is 17.0. The molecule has 3 rings (SSSR count). The molecule has 7 nitrogen and oxygen atoms in total. The average Bonchev–Trinajstić information content (AvgIpc) is 2.74. The van der Waals surface area contributed by atoms with E-state index in [4.69, 9.17) is 18.9 Å². The second kappa shape index (κ2) is 9.82. The zero-order valence-electron chi connectivity index (χ0n) is 17.0. The summed E-state index contributed by atoms with van der Waals surface area (Å²) in [6, 6.07) is 10.9. The Bertz CT molecular complexity index is 868. The molecular weight excluding hydrogens is 372 g/mol.